The van der Waals surface area contributed by atoms with Crippen LogP contribution in [0.2, 0.25) is 0 Å². The SMILES string of the molecule is COC(=O)C1CCN1CCCCC(F)(F)F. The summed E-state index contributed by atoms with van der Waals surface area (Å²) in [5.41, 5.74) is 0. The molecule has 1 saturated heterocycles. The molecular formula is C10H16F3NO2. The molecule has 0 amide bonds. The highest BCUT2D eigenvalue weighted by Crippen LogP contribution is 2.24. The van der Waals surface area contributed by atoms with Crippen molar-refractivity contribution in [3.05, 3.63) is 0 Å². The number of rotatable bonds is 5. The Morgan fingerprint density at radius 1 is 1.44 bits per heavy atom. The topological polar surface area (TPSA) is 29.5 Å². The van der Waals surface area contributed by atoms with Crippen molar-refractivity contribution < 1.29 is 22.7 Å². The smallest absolute Gasteiger partial charge is 0.389 e. The molecule has 0 N–H and O–H groups in total. The first-order valence-electron chi connectivity index (χ1n) is 5.32. The number of carbonyl (C=O) groups excluding carboxylic acids is 1. The fourth-order valence-electron chi connectivity index (χ4n) is 1.75. The Hall–Kier alpha value is -0.780. The van der Waals surface area contributed by atoms with Gasteiger partial charge in [0.1, 0.15) is 6.04 Å². The van der Waals surface area contributed by atoms with Gasteiger partial charge in [-0.1, -0.05) is 0 Å². The van der Waals surface area contributed by atoms with Crippen molar-refractivity contribution in [2.45, 2.75) is 37.9 Å². The number of unbranched alkanes of at least 4 members (excludes halogenated alkanes) is 1. The first kappa shape index (κ1) is 13.3. The van der Waals surface area contributed by atoms with Crippen LogP contribution < -0.4 is 0 Å². The number of alkyl halides is 3. The number of carbonyl (C=O) groups is 1. The number of hydrogen-bond donors (Lipinski definition) is 0. The van der Waals surface area contributed by atoms with Gasteiger partial charge in [0.05, 0.1) is 7.11 Å². The van der Waals surface area contributed by atoms with Gasteiger partial charge in [-0.15, -0.1) is 0 Å². The highest BCUT2D eigenvalue weighted by molar-refractivity contribution is 5.76. The summed E-state index contributed by atoms with van der Waals surface area (Å²) >= 11 is 0. The van der Waals surface area contributed by atoms with Crippen molar-refractivity contribution in [2.24, 2.45) is 0 Å². The number of esters is 1. The molecule has 0 spiro atoms. The minimum atomic E-state index is -4.07. The quantitative estimate of drug-likeness (QED) is 0.542. The molecule has 0 aromatic heterocycles. The number of likely N-dealkylation sites (tertiary alicyclic amines) is 1. The molecule has 1 heterocycles. The fraction of sp³-hybridized carbons (Fsp3) is 0.900. The van der Waals surface area contributed by atoms with Crippen molar-refractivity contribution in [2.75, 3.05) is 20.2 Å². The summed E-state index contributed by atoms with van der Waals surface area (Å²) in [6.45, 7) is 1.31. The van der Waals surface area contributed by atoms with E-state index in [9.17, 15) is 18.0 Å². The Labute approximate surface area is 92.5 Å². The molecule has 0 aromatic carbocycles. The maximum atomic E-state index is 11.8. The van der Waals surface area contributed by atoms with Crippen LogP contribution in [-0.4, -0.2) is 43.3 Å². The number of methoxy groups -OCH3 is 1. The number of halogens is 3. The van der Waals surface area contributed by atoms with E-state index in [1.165, 1.54) is 7.11 Å². The van der Waals surface area contributed by atoms with Crippen LogP contribution >= 0.6 is 0 Å². The lowest BCUT2D eigenvalue weighted by molar-refractivity contribution is -0.152. The molecule has 1 unspecified atom stereocenters. The molecule has 0 aliphatic carbocycles. The van der Waals surface area contributed by atoms with Crippen molar-refractivity contribution in [1.82, 2.24) is 4.90 Å². The molecule has 6 heteroatoms. The van der Waals surface area contributed by atoms with Gasteiger partial charge in [0, 0.05) is 13.0 Å². The van der Waals surface area contributed by atoms with E-state index in [0.29, 0.717) is 13.0 Å². The van der Waals surface area contributed by atoms with Crippen molar-refractivity contribution in [1.29, 1.82) is 0 Å². The Morgan fingerprint density at radius 2 is 2.12 bits per heavy atom. The average Bonchev–Trinajstić information content (AvgIpc) is 2.13. The third-order valence-electron chi connectivity index (χ3n) is 2.76. The lowest BCUT2D eigenvalue weighted by atomic mass is 10.0. The third kappa shape index (κ3) is 4.00. The molecule has 0 bridgehead atoms. The van der Waals surface area contributed by atoms with E-state index in [4.69, 9.17) is 0 Å². The normalized spacial score (nSPS) is 21.6. The second kappa shape index (κ2) is 5.52. The highest BCUT2D eigenvalue weighted by Gasteiger charge is 2.34. The number of ether oxygens (including phenoxy) is 1. The van der Waals surface area contributed by atoms with E-state index in [2.05, 4.69) is 4.74 Å². The molecule has 94 valence electrons. The Bertz CT molecular complexity index is 243. The number of nitrogens with zero attached hydrogens (tertiary/aromatic N) is 1. The van der Waals surface area contributed by atoms with Gasteiger partial charge in [-0.25, -0.2) is 0 Å². The van der Waals surface area contributed by atoms with E-state index >= 15 is 0 Å². The summed E-state index contributed by atoms with van der Waals surface area (Å²) in [4.78, 5) is 13.0. The second-order valence-corrected chi connectivity index (χ2v) is 3.94. The first-order chi connectivity index (χ1) is 7.44. The van der Waals surface area contributed by atoms with Crippen LogP contribution in [0.1, 0.15) is 25.7 Å². The summed E-state index contributed by atoms with van der Waals surface area (Å²) in [7, 11) is 1.32. The Morgan fingerprint density at radius 3 is 2.56 bits per heavy atom. The van der Waals surface area contributed by atoms with Gasteiger partial charge >= 0.3 is 12.1 Å². The van der Waals surface area contributed by atoms with Crippen LogP contribution in [0.3, 0.4) is 0 Å². The van der Waals surface area contributed by atoms with Gasteiger partial charge in [0.2, 0.25) is 0 Å². The summed E-state index contributed by atoms with van der Waals surface area (Å²) in [6, 6.07) is -0.240. The Kier molecular flexibility index (Phi) is 4.58. The van der Waals surface area contributed by atoms with Gasteiger partial charge in [-0.3, -0.25) is 9.69 Å². The number of hydrogen-bond acceptors (Lipinski definition) is 3. The monoisotopic (exact) mass is 239 g/mol. The van der Waals surface area contributed by atoms with Gasteiger partial charge in [0.25, 0.3) is 0 Å². The van der Waals surface area contributed by atoms with Crippen LogP contribution in [0.25, 0.3) is 0 Å². The minimum absolute atomic E-state index is 0.119. The van der Waals surface area contributed by atoms with Gasteiger partial charge < -0.3 is 4.74 Å². The van der Waals surface area contributed by atoms with Crippen molar-refractivity contribution in [3.8, 4) is 0 Å². The van der Waals surface area contributed by atoms with Gasteiger partial charge in [-0.05, 0) is 25.8 Å². The molecule has 0 aromatic rings. The lowest BCUT2D eigenvalue weighted by Gasteiger charge is -2.38. The molecule has 1 fully saturated rings. The molecule has 16 heavy (non-hydrogen) atoms. The van der Waals surface area contributed by atoms with E-state index in [-0.39, 0.29) is 18.4 Å². The van der Waals surface area contributed by atoms with Crippen LogP contribution in [0.4, 0.5) is 13.2 Å². The van der Waals surface area contributed by atoms with Crippen LogP contribution in [0.15, 0.2) is 0 Å². The van der Waals surface area contributed by atoms with Gasteiger partial charge in [-0.2, -0.15) is 13.2 Å². The lowest BCUT2D eigenvalue weighted by Crippen LogP contribution is -2.52. The fourth-order valence-corrected chi connectivity index (χ4v) is 1.75. The predicted molar refractivity (Wildman–Crippen MR) is 51.9 cm³/mol. The molecule has 3 nitrogen and oxygen atoms in total. The van der Waals surface area contributed by atoms with E-state index in [1.54, 1.807) is 0 Å². The molecule has 1 aliphatic heterocycles. The first-order valence-corrected chi connectivity index (χ1v) is 5.32. The molecule has 1 atom stereocenters. The third-order valence-corrected chi connectivity index (χ3v) is 2.76. The standard InChI is InChI=1S/C10H16F3NO2/c1-16-9(15)8-4-7-14(8)6-3-2-5-10(11,12)13/h8H,2-7H2,1H3. The summed E-state index contributed by atoms with van der Waals surface area (Å²) in [5, 5.41) is 0. The maximum Gasteiger partial charge on any atom is 0.389 e. The molecular weight excluding hydrogens is 223 g/mol. The molecule has 1 aliphatic rings. The zero-order valence-electron chi connectivity index (χ0n) is 9.22. The summed E-state index contributed by atoms with van der Waals surface area (Å²) in [5.74, 6) is -0.290. The van der Waals surface area contributed by atoms with E-state index in [1.807, 2.05) is 4.90 Å². The minimum Gasteiger partial charge on any atom is -0.468 e. The van der Waals surface area contributed by atoms with Crippen LogP contribution in [-0.2, 0) is 9.53 Å². The zero-order chi connectivity index (χ0) is 12.2. The largest absolute Gasteiger partial charge is 0.468 e. The molecule has 0 saturated carbocycles. The highest BCUT2D eigenvalue weighted by atomic mass is 19.4. The van der Waals surface area contributed by atoms with Crippen LogP contribution in [0.5, 0.6) is 0 Å². The average molecular weight is 239 g/mol. The van der Waals surface area contributed by atoms with E-state index in [0.717, 1.165) is 13.0 Å². The summed E-state index contributed by atoms with van der Waals surface area (Å²) in [6.07, 6.45) is -3.49. The van der Waals surface area contributed by atoms with Crippen molar-refractivity contribution in [3.63, 3.8) is 0 Å². The zero-order valence-corrected chi connectivity index (χ0v) is 9.22. The van der Waals surface area contributed by atoms with E-state index < -0.39 is 12.6 Å². The van der Waals surface area contributed by atoms with Gasteiger partial charge in [0.15, 0.2) is 0 Å². The molecule has 1 rings (SSSR count). The maximum absolute atomic E-state index is 11.8. The second-order valence-electron chi connectivity index (χ2n) is 3.94. The molecule has 0 radical (unpaired) electrons. The van der Waals surface area contributed by atoms with Crippen molar-refractivity contribution >= 4 is 5.97 Å². The summed E-state index contributed by atoms with van der Waals surface area (Å²) < 4.78 is 40.1. The Balaban J connectivity index is 2.12. The van der Waals surface area contributed by atoms with Crippen LogP contribution in [0, 0.1) is 0 Å². The predicted octanol–water partition coefficient (Wildman–Crippen LogP) is 1.97.